The summed E-state index contributed by atoms with van der Waals surface area (Å²) in [6.45, 7) is 9.50. The van der Waals surface area contributed by atoms with E-state index < -0.39 is 29.4 Å². The van der Waals surface area contributed by atoms with Crippen LogP contribution in [-0.4, -0.2) is 83.3 Å². The highest BCUT2D eigenvalue weighted by Crippen LogP contribution is 2.58. The zero-order chi connectivity index (χ0) is 24.0. The molecule has 2 bridgehead atoms. The molecule has 3 fully saturated rings. The van der Waals surface area contributed by atoms with Crippen molar-refractivity contribution in [2.24, 2.45) is 11.8 Å². The number of unbranched alkanes of at least 4 members (excludes halogenated alkanes) is 4. The van der Waals surface area contributed by atoms with E-state index in [2.05, 4.69) is 13.5 Å². The molecule has 3 heterocycles. The van der Waals surface area contributed by atoms with Crippen molar-refractivity contribution in [3.8, 4) is 0 Å². The molecular weight excluding hydrogens is 424 g/mol. The van der Waals surface area contributed by atoms with Crippen LogP contribution in [0.2, 0.25) is 0 Å². The maximum Gasteiger partial charge on any atom is 0.312 e. The van der Waals surface area contributed by atoms with Gasteiger partial charge in [0.15, 0.2) is 0 Å². The number of likely N-dealkylation sites (tertiary alicyclic amines) is 1. The predicted octanol–water partition coefficient (Wildman–Crippen LogP) is 2.29. The molecule has 3 aliphatic heterocycles. The van der Waals surface area contributed by atoms with Gasteiger partial charge in [0.2, 0.25) is 11.8 Å². The number of fused-ring (bicyclic) bond motifs is 1. The first-order valence-electron chi connectivity index (χ1n) is 12.6. The average Bonchev–Trinajstić information content (AvgIpc) is 3.44. The molecule has 0 radical (unpaired) electrons. The third kappa shape index (κ3) is 4.83. The van der Waals surface area contributed by atoms with Crippen LogP contribution >= 0.6 is 0 Å². The fourth-order valence-corrected chi connectivity index (χ4v) is 5.90. The van der Waals surface area contributed by atoms with Gasteiger partial charge in [-0.1, -0.05) is 32.3 Å². The lowest BCUT2D eigenvalue weighted by Crippen LogP contribution is -2.56. The molecular formula is C25H40N2O6. The Morgan fingerprint density at radius 2 is 2.03 bits per heavy atom. The van der Waals surface area contributed by atoms with Crippen LogP contribution in [0, 0.1) is 11.8 Å². The molecule has 1 N–H and O–H groups in total. The highest BCUT2D eigenvalue weighted by Gasteiger charge is 2.74. The summed E-state index contributed by atoms with van der Waals surface area (Å²) in [5, 5.41) is 9.04. The molecule has 0 aromatic carbocycles. The quantitative estimate of drug-likeness (QED) is 0.241. The van der Waals surface area contributed by atoms with Crippen molar-refractivity contribution in [1.29, 1.82) is 0 Å². The number of carbonyl (C=O) groups is 3. The highest BCUT2D eigenvalue weighted by atomic mass is 16.6. The number of carbonyl (C=O) groups excluding carboxylic acids is 3. The maximum absolute atomic E-state index is 13.9. The molecule has 8 heteroatoms. The minimum atomic E-state index is -0.965. The zero-order valence-electron chi connectivity index (χ0n) is 20.2. The van der Waals surface area contributed by atoms with Gasteiger partial charge in [-0.2, -0.15) is 0 Å². The number of amides is 2. The lowest BCUT2D eigenvalue weighted by atomic mass is 9.70. The maximum atomic E-state index is 13.9. The summed E-state index contributed by atoms with van der Waals surface area (Å²) in [5.74, 6) is -1.99. The van der Waals surface area contributed by atoms with Gasteiger partial charge in [0, 0.05) is 26.2 Å². The molecule has 0 unspecified atom stereocenters. The van der Waals surface area contributed by atoms with E-state index in [9.17, 15) is 14.4 Å². The molecule has 186 valence electrons. The van der Waals surface area contributed by atoms with Crippen LogP contribution in [-0.2, 0) is 23.9 Å². The van der Waals surface area contributed by atoms with Crippen LogP contribution in [0.25, 0.3) is 0 Å². The van der Waals surface area contributed by atoms with Crippen LogP contribution in [0.1, 0.15) is 65.2 Å². The fraction of sp³-hybridized carbons (Fsp3) is 0.800. The predicted molar refractivity (Wildman–Crippen MR) is 123 cm³/mol. The smallest absolute Gasteiger partial charge is 0.312 e. The van der Waals surface area contributed by atoms with E-state index >= 15 is 0 Å². The molecule has 3 aliphatic rings. The van der Waals surface area contributed by atoms with Gasteiger partial charge < -0.3 is 24.4 Å². The largest absolute Gasteiger partial charge is 0.466 e. The van der Waals surface area contributed by atoms with Crippen molar-refractivity contribution < 1.29 is 29.0 Å². The van der Waals surface area contributed by atoms with Crippen molar-refractivity contribution in [2.75, 3.05) is 32.8 Å². The van der Waals surface area contributed by atoms with E-state index in [0.717, 1.165) is 38.5 Å². The molecule has 0 aliphatic carbocycles. The molecule has 3 saturated heterocycles. The zero-order valence-corrected chi connectivity index (χ0v) is 20.2. The van der Waals surface area contributed by atoms with Gasteiger partial charge in [-0.3, -0.25) is 14.4 Å². The Morgan fingerprint density at radius 1 is 1.27 bits per heavy atom. The number of hydrogen-bond acceptors (Lipinski definition) is 6. The molecule has 33 heavy (non-hydrogen) atoms. The molecule has 0 aromatic rings. The van der Waals surface area contributed by atoms with E-state index in [-0.39, 0.29) is 31.1 Å². The molecule has 0 aromatic heterocycles. The third-order valence-corrected chi connectivity index (χ3v) is 7.34. The molecule has 3 rings (SSSR count). The summed E-state index contributed by atoms with van der Waals surface area (Å²) in [6, 6.07) is -0.728. The first-order valence-corrected chi connectivity index (χ1v) is 12.6. The number of rotatable bonds is 14. The number of ether oxygens (including phenoxy) is 2. The number of nitrogens with zero attached hydrogens (tertiary/aromatic N) is 2. The normalized spacial score (nSPS) is 29.9. The summed E-state index contributed by atoms with van der Waals surface area (Å²) in [5.41, 5.74) is -0.965. The minimum absolute atomic E-state index is 0.111. The van der Waals surface area contributed by atoms with E-state index in [1.807, 2.05) is 0 Å². The van der Waals surface area contributed by atoms with Gasteiger partial charge in [-0.25, -0.2) is 0 Å². The van der Waals surface area contributed by atoms with Crippen LogP contribution in [0.3, 0.4) is 0 Å². The van der Waals surface area contributed by atoms with E-state index in [1.165, 1.54) is 0 Å². The van der Waals surface area contributed by atoms with Gasteiger partial charge in [0.1, 0.15) is 11.6 Å². The summed E-state index contributed by atoms with van der Waals surface area (Å²) >= 11 is 0. The van der Waals surface area contributed by atoms with Crippen molar-refractivity contribution in [1.82, 2.24) is 9.80 Å². The lowest BCUT2D eigenvalue weighted by molar-refractivity contribution is -0.155. The van der Waals surface area contributed by atoms with Crippen molar-refractivity contribution in [3.63, 3.8) is 0 Å². The average molecular weight is 465 g/mol. The molecule has 8 nitrogen and oxygen atoms in total. The standard InChI is InChI=1S/C25H40N2O6/c1-4-7-15-26(14-5-2)23(30)21-25-13-12-18(33-25)19(24(31)32-6-3)20(25)22(29)27(21)16-10-8-9-11-17-28/h5,18-21,28H,2,4,6-17H2,1,3H3/t18-,19+,20+,21-,25+/m0/s1. The number of esters is 1. The third-order valence-electron chi connectivity index (χ3n) is 7.34. The second-order valence-electron chi connectivity index (χ2n) is 9.40. The summed E-state index contributed by atoms with van der Waals surface area (Å²) in [4.78, 5) is 43.9. The first-order chi connectivity index (χ1) is 16.0. The number of aliphatic hydroxyl groups excluding tert-OH is 1. The van der Waals surface area contributed by atoms with Gasteiger partial charge >= 0.3 is 5.97 Å². The van der Waals surface area contributed by atoms with E-state index in [1.54, 1.807) is 22.8 Å². The Hall–Kier alpha value is -1.93. The summed E-state index contributed by atoms with van der Waals surface area (Å²) in [7, 11) is 0. The Labute approximate surface area is 197 Å². The minimum Gasteiger partial charge on any atom is -0.466 e. The SMILES string of the molecule is C=CCN(CCCC)C(=O)[C@@H]1N(CCCCCCO)C(=O)[C@H]2[C@H](C(=O)OCC)[C@@H]3CC[C@]12O3. The van der Waals surface area contributed by atoms with E-state index in [0.29, 0.717) is 32.5 Å². The Bertz CT molecular complexity index is 728. The Balaban J connectivity index is 1.90. The second-order valence-corrected chi connectivity index (χ2v) is 9.40. The lowest BCUT2D eigenvalue weighted by Gasteiger charge is -2.36. The number of hydrogen-bond donors (Lipinski definition) is 1. The van der Waals surface area contributed by atoms with Gasteiger partial charge in [0.05, 0.1) is 24.5 Å². The van der Waals surface area contributed by atoms with Crippen LogP contribution in [0.15, 0.2) is 12.7 Å². The van der Waals surface area contributed by atoms with Crippen molar-refractivity contribution >= 4 is 17.8 Å². The van der Waals surface area contributed by atoms with Gasteiger partial charge in [-0.05, 0) is 39.0 Å². The first kappa shape index (κ1) is 25.7. The van der Waals surface area contributed by atoms with Crippen molar-refractivity contribution in [2.45, 2.75) is 83.0 Å². The fourth-order valence-electron chi connectivity index (χ4n) is 5.90. The van der Waals surface area contributed by atoms with Crippen molar-refractivity contribution in [3.05, 3.63) is 12.7 Å². The summed E-state index contributed by atoms with van der Waals surface area (Å²) in [6.07, 6.45) is 7.61. The topological polar surface area (TPSA) is 96.4 Å². The molecule has 0 saturated carbocycles. The highest BCUT2D eigenvalue weighted by molar-refractivity contribution is 5.98. The number of aliphatic hydroxyl groups is 1. The molecule has 5 atom stereocenters. The molecule has 2 amide bonds. The van der Waals surface area contributed by atoms with E-state index in [4.69, 9.17) is 14.6 Å². The molecule has 1 spiro atoms. The van der Waals surface area contributed by atoms with Crippen LogP contribution in [0.4, 0.5) is 0 Å². The van der Waals surface area contributed by atoms with Gasteiger partial charge in [-0.15, -0.1) is 6.58 Å². The Kier molecular flexibility index (Phi) is 8.93. The monoisotopic (exact) mass is 464 g/mol. The van der Waals surface area contributed by atoms with Gasteiger partial charge in [0.25, 0.3) is 0 Å². The Morgan fingerprint density at radius 3 is 2.70 bits per heavy atom. The van der Waals surface area contributed by atoms with Crippen LogP contribution in [0.5, 0.6) is 0 Å². The summed E-state index contributed by atoms with van der Waals surface area (Å²) < 4.78 is 11.7. The van der Waals surface area contributed by atoms with Crippen LogP contribution < -0.4 is 0 Å². The second kappa shape index (κ2) is 11.5.